The number of aromatic nitrogens is 2. The van der Waals surface area contributed by atoms with Crippen LogP contribution in [0.4, 0.5) is 0 Å². The molecule has 2 heterocycles. The Morgan fingerprint density at radius 1 is 1.28 bits per heavy atom. The van der Waals surface area contributed by atoms with Crippen LogP contribution in [-0.4, -0.2) is 27.3 Å². The van der Waals surface area contributed by atoms with Gasteiger partial charge in [-0.2, -0.15) is 5.10 Å². The van der Waals surface area contributed by atoms with Crippen molar-refractivity contribution in [1.82, 2.24) is 14.6 Å². The minimum Gasteiger partial charge on any atom is -0.310 e. The molecule has 1 aliphatic rings. The Morgan fingerprint density at radius 2 is 1.94 bits per heavy atom. The summed E-state index contributed by atoms with van der Waals surface area (Å²) in [5.41, 5.74) is 2.26. The molecular weight excluding hydrogens is 224 g/mol. The van der Waals surface area contributed by atoms with Gasteiger partial charge in [-0.15, -0.1) is 0 Å². The van der Waals surface area contributed by atoms with Crippen molar-refractivity contribution in [2.24, 2.45) is 11.0 Å². The molecule has 2 rings (SSSR count). The average Bonchev–Trinajstić information content (AvgIpc) is 2.68. The number of hydrogen-bond acceptors (Lipinski definition) is 3. The van der Waals surface area contributed by atoms with Crippen LogP contribution in [0.3, 0.4) is 0 Å². The summed E-state index contributed by atoms with van der Waals surface area (Å²) in [5, 5.41) is 6.76. The van der Waals surface area contributed by atoms with Gasteiger partial charge in [0.15, 0.2) is 5.82 Å². The Balaban J connectivity index is 2.33. The molecular formula is C14H24N4. The molecule has 1 aliphatic heterocycles. The van der Waals surface area contributed by atoms with E-state index < -0.39 is 0 Å². The van der Waals surface area contributed by atoms with E-state index in [2.05, 4.69) is 36.5 Å². The van der Waals surface area contributed by atoms with Crippen molar-refractivity contribution in [2.45, 2.75) is 53.1 Å². The third kappa shape index (κ3) is 2.57. The zero-order valence-electron chi connectivity index (χ0n) is 12.0. The Morgan fingerprint density at radius 3 is 2.56 bits per heavy atom. The lowest BCUT2D eigenvalue weighted by atomic mass is 9.92. The maximum absolute atomic E-state index is 4.74. The van der Waals surface area contributed by atoms with Crippen LogP contribution in [0.25, 0.3) is 0 Å². The van der Waals surface area contributed by atoms with Crippen LogP contribution >= 0.6 is 0 Å². The summed E-state index contributed by atoms with van der Waals surface area (Å²) in [5.74, 6) is 1.63. The van der Waals surface area contributed by atoms with E-state index in [0.717, 1.165) is 18.2 Å². The Kier molecular flexibility index (Phi) is 4.04. The third-order valence-electron chi connectivity index (χ3n) is 3.42. The number of rotatable bonds is 5. The molecule has 100 valence electrons. The largest absolute Gasteiger partial charge is 0.310 e. The van der Waals surface area contributed by atoms with Crippen molar-refractivity contribution in [2.75, 3.05) is 7.05 Å². The summed E-state index contributed by atoms with van der Waals surface area (Å²) in [6.45, 7) is 7.35. The van der Waals surface area contributed by atoms with Gasteiger partial charge in [0.1, 0.15) is 12.4 Å². The number of fused-ring (bicyclic) bond motifs is 1. The lowest BCUT2D eigenvalue weighted by molar-refractivity contribution is 0.266. The van der Waals surface area contributed by atoms with Gasteiger partial charge in [0.2, 0.25) is 0 Å². The van der Waals surface area contributed by atoms with E-state index in [1.807, 2.05) is 12.1 Å². The maximum atomic E-state index is 4.74. The molecule has 1 aromatic heterocycles. The van der Waals surface area contributed by atoms with E-state index in [1.165, 1.54) is 31.4 Å². The zero-order valence-corrected chi connectivity index (χ0v) is 12.0. The van der Waals surface area contributed by atoms with E-state index in [1.54, 1.807) is 0 Å². The summed E-state index contributed by atoms with van der Waals surface area (Å²) in [4.78, 5) is 4.66. The summed E-state index contributed by atoms with van der Waals surface area (Å²) < 4.78 is 2.22. The molecule has 0 saturated carbocycles. The normalized spacial score (nSPS) is 14.9. The maximum Gasteiger partial charge on any atom is 0.158 e. The number of nitrogens with zero attached hydrogens (tertiary/aromatic N) is 4. The van der Waals surface area contributed by atoms with Gasteiger partial charge in [0.25, 0.3) is 0 Å². The van der Waals surface area contributed by atoms with Crippen molar-refractivity contribution in [3.05, 3.63) is 17.7 Å². The van der Waals surface area contributed by atoms with Gasteiger partial charge in [-0.25, -0.2) is 4.98 Å². The third-order valence-corrected chi connectivity index (χ3v) is 3.42. The van der Waals surface area contributed by atoms with Crippen LogP contribution in [0.2, 0.25) is 0 Å². The van der Waals surface area contributed by atoms with Gasteiger partial charge < -0.3 is 4.57 Å². The standard InChI is InChI=1S/C14H24N4/c1-5-7-12(8-6-2)13-14-15-11(3)9-18(14)10-17(4)16-13/h9,12H,5-8,10H2,1-4H3. The van der Waals surface area contributed by atoms with Gasteiger partial charge in [-0.3, -0.25) is 5.01 Å². The van der Waals surface area contributed by atoms with Crippen molar-refractivity contribution in [3.63, 3.8) is 0 Å². The quantitative estimate of drug-likeness (QED) is 0.802. The van der Waals surface area contributed by atoms with Crippen LogP contribution in [0.15, 0.2) is 11.3 Å². The van der Waals surface area contributed by atoms with Crippen LogP contribution < -0.4 is 0 Å². The monoisotopic (exact) mass is 248 g/mol. The lowest BCUT2D eigenvalue weighted by Gasteiger charge is -2.27. The van der Waals surface area contributed by atoms with Gasteiger partial charge in [0, 0.05) is 19.2 Å². The first kappa shape index (κ1) is 13.1. The minimum absolute atomic E-state index is 0.545. The first-order chi connectivity index (χ1) is 8.65. The van der Waals surface area contributed by atoms with Crippen LogP contribution in [-0.2, 0) is 6.67 Å². The fourth-order valence-corrected chi connectivity index (χ4v) is 2.72. The van der Waals surface area contributed by atoms with Crippen LogP contribution in [0.5, 0.6) is 0 Å². The molecule has 0 saturated heterocycles. The molecule has 0 atom stereocenters. The van der Waals surface area contributed by atoms with Gasteiger partial charge >= 0.3 is 0 Å². The second kappa shape index (κ2) is 5.55. The van der Waals surface area contributed by atoms with E-state index in [0.29, 0.717) is 5.92 Å². The molecule has 1 aromatic rings. The van der Waals surface area contributed by atoms with Gasteiger partial charge in [-0.1, -0.05) is 26.7 Å². The molecule has 0 unspecified atom stereocenters. The van der Waals surface area contributed by atoms with E-state index in [-0.39, 0.29) is 0 Å². The molecule has 4 heteroatoms. The van der Waals surface area contributed by atoms with Crippen molar-refractivity contribution < 1.29 is 0 Å². The minimum atomic E-state index is 0.545. The van der Waals surface area contributed by atoms with E-state index >= 15 is 0 Å². The highest BCUT2D eigenvalue weighted by molar-refractivity contribution is 5.99. The molecule has 0 amide bonds. The van der Waals surface area contributed by atoms with E-state index in [4.69, 9.17) is 5.10 Å². The summed E-state index contributed by atoms with van der Waals surface area (Å²) in [6.07, 6.45) is 6.93. The smallest absolute Gasteiger partial charge is 0.158 e. The van der Waals surface area contributed by atoms with E-state index in [9.17, 15) is 0 Å². The van der Waals surface area contributed by atoms with Gasteiger partial charge in [0.05, 0.1) is 5.69 Å². The first-order valence-electron chi connectivity index (χ1n) is 6.99. The second-order valence-corrected chi connectivity index (χ2v) is 5.23. The molecule has 0 aliphatic carbocycles. The summed E-state index contributed by atoms with van der Waals surface area (Å²) in [7, 11) is 2.03. The summed E-state index contributed by atoms with van der Waals surface area (Å²) >= 11 is 0. The molecule has 0 N–H and O–H groups in total. The number of hydrogen-bond donors (Lipinski definition) is 0. The molecule has 0 radical (unpaired) electrons. The average molecular weight is 248 g/mol. The predicted molar refractivity (Wildman–Crippen MR) is 74.6 cm³/mol. The fraction of sp³-hybridized carbons (Fsp3) is 0.714. The fourth-order valence-electron chi connectivity index (χ4n) is 2.72. The molecule has 0 spiro atoms. The lowest BCUT2D eigenvalue weighted by Crippen LogP contribution is -2.31. The highest BCUT2D eigenvalue weighted by atomic mass is 15.5. The Bertz CT molecular complexity index is 427. The number of imidazole rings is 1. The van der Waals surface area contributed by atoms with Crippen molar-refractivity contribution >= 4 is 5.71 Å². The molecule has 0 fully saturated rings. The van der Waals surface area contributed by atoms with Crippen molar-refractivity contribution in [1.29, 1.82) is 0 Å². The number of aryl methyl sites for hydroxylation is 1. The first-order valence-corrected chi connectivity index (χ1v) is 6.99. The molecule has 4 nitrogen and oxygen atoms in total. The second-order valence-electron chi connectivity index (χ2n) is 5.23. The predicted octanol–water partition coefficient (Wildman–Crippen LogP) is 3.01. The topological polar surface area (TPSA) is 33.4 Å². The molecule has 0 bridgehead atoms. The Hall–Kier alpha value is -1.32. The van der Waals surface area contributed by atoms with Crippen LogP contribution in [0.1, 0.15) is 51.0 Å². The van der Waals surface area contributed by atoms with Crippen LogP contribution in [0, 0.1) is 12.8 Å². The Labute approximate surface area is 110 Å². The summed E-state index contributed by atoms with van der Waals surface area (Å²) in [6, 6.07) is 0. The molecule has 18 heavy (non-hydrogen) atoms. The van der Waals surface area contributed by atoms with Crippen molar-refractivity contribution in [3.8, 4) is 0 Å². The SMILES string of the molecule is CCCC(CCC)C1=NN(C)Cn2cc(C)nc21. The zero-order chi connectivity index (χ0) is 13.1. The highest BCUT2D eigenvalue weighted by Gasteiger charge is 2.25. The molecule has 0 aromatic carbocycles. The number of hydrazone groups is 1. The highest BCUT2D eigenvalue weighted by Crippen LogP contribution is 2.23. The van der Waals surface area contributed by atoms with Gasteiger partial charge in [-0.05, 0) is 19.8 Å².